The molecule has 1 aliphatic carbocycles. The molecule has 1 saturated carbocycles. The Morgan fingerprint density at radius 1 is 1.55 bits per heavy atom. The fourth-order valence-electron chi connectivity index (χ4n) is 2.89. The van der Waals surface area contributed by atoms with Crippen LogP contribution in [-0.4, -0.2) is 36.6 Å². The zero-order valence-electron chi connectivity index (χ0n) is 6.99. The maximum atomic E-state index is 4.33. The lowest BCUT2D eigenvalue weighted by molar-refractivity contribution is 0.269. The van der Waals surface area contributed by atoms with Crippen molar-refractivity contribution in [2.75, 3.05) is 13.6 Å². The highest BCUT2D eigenvalue weighted by molar-refractivity contribution is 5.25. The minimum absolute atomic E-state index is 0.508. The number of hydrogen-bond donors (Lipinski definition) is 0. The normalized spacial score (nSPS) is 59.6. The Kier molecular flexibility index (Phi) is 0.838. The van der Waals surface area contributed by atoms with Crippen LogP contribution in [0.2, 0.25) is 0 Å². The van der Waals surface area contributed by atoms with Gasteiger partial charge in [-0.15, -0.1) is 0 Å². The van der Waals surface area contributed by atoms with Gasteiger partial charge in [0.25, 0.3) is 0 Å². The standard InChI is InChI=1S/C8H13N3/c1-5-7-8(4-9-10-7)3-6(8)11(5)2/h5-7H,3-4H2,1-2H3. The van der Waals surface area contributed by atoms with Crippen LogP contribution in [0.25, 0.3) is 0 Å². The van der Waals surface area contributed by atoms with Crippen molar-refractivity contribution in [2.45, 2.75) is 31.5 Å². The van der Waals surface area contributed by atoms with Gasteiger partial charge in [-0.3, -0.25) is 4.90 Å². The van der Waals surface area contributed by atoms with Crippen molar-refractivity contribution in [1.82, 2.24) is 4.90 Å². The minimum Gasteiger partial charge on any atom is -0.298 e. The van der Waals surface area contributed by atoms with Crippen molar-refractivity contribution in [3.05, 3.63) is 0 Å². The van der Waals surface area contributed by atoms with Crippen molar-refractivity contribution in [1.29, 1.82) is 0 Å². The summed E-state index contributed by atoms with van der Waals surface area (Å²) in [6.07, 6.45) is 1.34. The fourth-order valence-corrected chi connectivity index (χ4v) is 2.89. The fraction of sp³-hybridized carbons (Fsp3) is 1.00. The Hall–Kier alpha value is -0.440. The maximum absolute atomic E-state index is 4.33. The van der Waals surface area contributed by atoms with E-state index in [4.69, 9.17) is 0 Å². The van der Waals surface area contributed by atoms with E-state index in [1.54, 1.807) is 0 Å². The monoisotopic (exact) mass is 151 g/mol. The lowest BCUT2D eigenvalue weighted by Crippen LogP contribution is -2.33. The third kappa shape index (κ3) is 0.485. The molecule has 3 rings (SSSR count). The van der Waals surface area contributed by atoms with Gasteiger partial charge in [-0.1, -0.05) is 0 Å². The van der Waals surface area contributed by atoms with E-state index < -0.39 is 0 Å². The van der Waals surface area contributed by atoms with Gasteiger partial charge in [0.2, 0.25) is 0 Å². The number of likely N-dealkylation sites (tertiary alicyclic amines) is 1. The highest BCUT2D eigenvalue weighted by Crippen LogP contribution is 2.62. The van der Waals surface area contributed by atoms with Crippen LogP contribution in [0.15, 0.2) is 10.2 Å². The van der Waals surface area contributed by atoms with Gasteiger partial charge >= 0.3 is 0 Å². The third-order valence-corrected chi connectivity index (χ3v) is 3.83. The molecule has 11 heavy (non-hydrogen) atoms. The van der Waals surface area contributed by atoms with Gasteiger partial charge in [0.05, 0.1) is 12.6 Å². The highest BCUT2D eigenvalue weighted by Gasteiger charge is 2.70. The Balaban J connectivity index is 2.02. The first-order valence-electron chi connectivity index (χ1n) is 4.34. The maximum Gasteiger partial charge on any atom is 0.0950 e. The summed E-state index contributed by atoms with van der Waals surface area (Å²) < 4.78 is 0. The van der Waals surface area contributed by atoms with E-state index in [0.717, 1.165) is 12.6 Å². The van der Waals surface area contributed by atoms with Gasteiger partial charge in [0, 0.05) is 17.5 Å². The van der Waals surface area contributed by atoms with Gasteiger partial charge in [-0.05, 0) is 20.4 Å². The second-order valence-corrected chi connectivity index (χ2v) is 4.22. The molecule has 1 saturated heterocycles. The summed E-state index contributed by atoms with van der Waals surface area (Å²) in [6, 6.07) is 1.95. The Morgan fingerprint density at radius 2 is 2.36 bits per heavy atom. The average molecular weight is 151 g/mol. The Labute approximate surface area is 66.5 Å². The second-order valence-electron chi connectivity index (χ2n) is 4.22. The SMILES string of the molecule is CC1C2N=NCC23CC3N1C. The molecule has 0 bridgehead atoms. The van der Waals surface area contributed by atoms with E-state index in [1.807, 2.05) is 0 Å². The van der Waals surface area contributed by atoms with E-state index in [2.05, 4.69) is 29.1 Å². The lowest BCUT2D eigenvalue weighted by Gasteiger charge is -2.20. The predicted octanol–water partition coefficient (Wildman–Crippen LogP) is 0.913. The van der Waals surface area contributed by atoms with Crippen LogP contribution in [0, 0.1) is 5.41 Å². The molecule has 0 aromatic heterocycles. The minimum atomic E-state index is 0.508. The molecule has 60 valence electrons. The number of rotatable bonds is 0. The summed E-state index contributed by atoms with van der Waals surface area (Å²) in [6.45, 7) is 3.26. The number of piperidine rings is 1. The molecule has 2 aliphatic heterocycles. The van der Waals surface area contributed by atoms with Crippen LogP contribution in [0.1, 0.15) is 13.3 Å². The molecule has 2 fully saturated rings. The van der Waals surface area contributed by atoms with Crippen LogP contribution in [0.5, 0.6) is 0 Å². The molecule has 4 unspecified atom stereocenters. The molecule has 0 aromatic rings. The van der Waals surface area contributed by atoms with Crippen LogP contribution in [0.4, 0.5) is 0 Å². The lowest BCUT2D eigenvalue weighted by atomic mass is 9.96. The molecule has 0 radical (unpaired) electrons. The molecule has 0 amide bonds. The smallest absolute Gasteiger partial charge is 0.0950 e. The van der Waals surface area contributed by atoms with E-state index in [1.165, 1.54) is 6.42 Å². The molecule has 2 heterocycles. The van der Waals surface area contributed by atoms with E-state index in [-0.39, 0.29) is 0 Å². The van der Waals surface area contributed by atoms with Crippen LogP contribution < -0.4 is 0 Å². The number of hydrogen-bond acceptors (Lipinski definition) is 3. The summed E-state index contributed by atoms with van der Waals surface area (Å²) in [5.41, 5.74) is 0.508. The summed E-state index contributed by atoms with van der Waals surface area (Å²) in [7, 11) is 2.22. The first kappa shape index (κ1) is 6.12. The summed E-state index contributed by atoms with van der Waals surface area (Å²) >= 11 is 0. The Morgan fingerprint density at radius 3 is 3.09 bits per heavy atom. The molecule has 4 atom stereocenters. The number of likely N-dealkylation sites (N-methyl/N-ethyl adjacent to an activating group) is 1. The average Bonchev–Trinajstić information content (AvgIpc) is 2.44. The molecule has 3 aliphatic rings. The van der Waals surface area contributed by atoms with Crippen LogP contribution in [-0.2, 0) is 0 Å². The van der Waals surface area contributed by atoms with Gasteiger partial charge < -0.3 is 0 Å². The zero-order chi connectivity index (χ0) is 7.64. The first-order chi connectivity index (χ1) is 5.26. The van der Waals surface area contributed by atoms with Gasteiger partial charge in [-0.25, -0.2) is 0 Å². The molecular weight excluding hydrogens is 138 g/mol. The van der Waals surface area contributed by atoms with E-state index in [0.29, 0.717) is 17.5 Å². The zero-order valence-corrected chi connectivity index (χ0v) is 6.99. The van der Waals surface area contributed by atoms with E-state index in [9.17, 15) is 0 Å². The van der Waals surface area contributed by atoms with Crippen LogP contribution in [0.3, 0.4) is 0 Å². The van der Waals surface area contributed by atoms with Crippen LogP contribution >= 0.6 is 0 Å². The van der Waals surface area contributed by atoms with Crippen molar-refractivity contribution in [2.24, 2.45) is 15.6 Å². The third-order valence-electron chi connectivity index (χ3n) is 3.83. The van der Waals surface area contributed by atoms with Gasteiger partial charge in [0.15, 0.2) is 0 Å². The van der Waals surface area contributed by atoms with E-state index >= 15 is 0 Å². The topological polar surface area (TPSA) is 28.0 Å². The number of azo groups is 1. The molecule has 0 aromatic carbocycles. The quantitative estimate of drug-likeness (QED) is 0.506. The van der Waals surface area contributed by atoms with Crippen molar-refractivity contribution in [3.63, 3.8) is 0 Å². The molecule has 3 nitrogen and oxygen atoms in total. The molecule has 3 heteroatoms. The first-order valence-corrected chi connectivity index (χ1v) is 4.34. The number of nitrogens with zero attached hydrogens (tertiary/aromatic N) is 3. The predicted molar refractivity (Wildman–Crippen MR) is 41.6 cm³/mol. The second kappa shape index (κ2) is 1.51. The Bertz CT molecular complexity index is 237. The molecule has 0 N–H and O–H groups in total. The van der Waals surface area contributed by atoms with Gasteiger partial charge in [-0.2, -0.15) is 10.2 Å². The summed E-state index contributed by atoms with van der Waals surface area (Å²) in [5, 5.41) is 8.49. The molecular formula is C8H13N3. The van der Waals surface area contributed by atoms with Crippen molar-refractivity contribution >= 4 is 0 Å². The van der Waals surface area contributed by atoms with Crippen molar-refractivity contribution in [3.8, 4) is 0 Å². The highest BCUT2D eigenvalue weighted by atomic mass is 15.4. The van der Waals surface area contributed by atoms with Gasteiger partial charge in [0.1, 0.15) is 0 Å². The summed E-state index contributed by atoms with van der Waals surface area (Å²) in [5.74, 6) is 0. The van der Waals surface area contributed by atoms with Crippen molar-refractivity contribution < 1.29 is 0 Å². The summed E-state index contributed by atoms with van der Waals surface area (Å²) in [4.78, 5) is 2.48. The largest absolute Gasteiger partial charge is 0.298 e. The molecule has 1 spiro atoms.